The molecule has 32 heavy (non-hydrogen) atoms. The minimum Gasteiger partial charge on any atom is -0.399 e. The van der Waals surface area contributed by atoms with E-state index < -0.39 is 0 Å². The highest BCUT2D eigenvalue weighted by Gasteiger charge is 2.26. The van der Waals surface area contributed by atoms with Crippen LogP contribution in [0.1, 0.15) is 36.9 Å². The number of hydrogen-bond acceptors (Lipinski definition) is 4. The van der Waals surface area contributed by atoms with Crippen molar-refractivity contribution in [2.24, 2.45) is 5.73 Å². The first-order valence-electron chi connectivity index (χ1n) is 10.2. The fraction of sp³-hybridized carbons (Fsp3) is 0.391. The molecular formula is C23H31Cl3N4O2. The second-order valence-electron chi connectivity index (χ2n) is 7.73. The Kier molecular flexibility index (Phi) is 11.9. The van der Waals surface area contributed by atoms with E-state index in [1.807, 2.05) is 42.3 Å². The SMILES string of the molecule is CC(N)=O.CN(C(=O)Cc1ccc(Cl)c(Cl)c1)[C@H](CN1CCCC1)c1cccc(N)c1.Cl. The van der Waals surface area contributed by atoms with Crippen LogP contribution in [0.3, 0.4) is 0 Å². The molecule has 1 saturated heterocycles. The summed E-state index contributed by atoms with van der Waals surface area (Å²) in [6.07, 6.45) is 2.71. The van der Waals surface area contributed by atoms with Gasteiger partial charge in [0.1, 0.15) is 0 Å². The van der Waals surface area contributed by atoms with Gasteiger partial charge < -0.3 is 21.3 Å². The van der Waals surface area contributed by atoms with Crippen LogP contribution in [0.25, 0.3) is 0 Å². The molecule has 0 radical (unpaired) electrons. The van der Waals surface area contributed by atoms with Crippen LogP contribution in [0.2, 0.25) is 10.0 Å². The van der Waals surface area contributed by atoms with Gasteiger partial charge in [0.15, 0.2) is 0 Å². The number of nitrogen functional groups attached to an aromatic ring is 1. The zero-order chi connectivity index (χ0) is 23.0. The molecule has 2 amide bonds. The maximum absolute atomic E-state index is 13.0. The van der Waals surface area contributed by atoms with E-state index in [0.717, 1.165) is 30.8 Å². The number of amides is 2. The lowest BCUT2D eigenvalue weighted by Gasteiger charge is -2.32. The second-order valence-corrected chi connectivity index (χ2v) is 8.55. The van der Waals surface area contributed by atoms with E-state index in [-0.39, 0.29) is 36.7 Å². The maximum atomic E-state index is 13.0. The largest absolute Gasteiger partial charge is 0.399 e. The highest BCUT2D eigenvalue weighted by Crippen LogP contribution is 2.26. The van der Waals surface area contributed by atoms with Gasteiger partial charge in [0.05, 0.1) is 22.5 Å². The van der Waals surface area contributed by atoms with Crippen molar-refractivity contribution < 1.29 is 9.59 Å². The molecule has 2 aromatic rings. The van der Waals surface area contributed by atoms with E-state index in [1.165, 1.54) is 19.8 Å². The predicted octanol–water partition coefficient (Wildman–Crippen LogP) is 4.33. The number of likely N-dealkylation sites (N-methyl/N-ethyl adjacent to an activating group) is 1. The van der Waals surface area contributed by atoms with Gasteiger partial charge >= 0.3 is 0 Å². The fourth-order valence-corrected chi connectivity index (χ4v) is 3.87. The lowest BCUT2D eigenvalue weighted by Crippen LogP contribution is -2.39. The van der Waals surface area contributed by atoms with Gasteiger partial charge in [-0.3, -0.25) is 9.59 Å². The molecule has 0 spiro atoms. The molecule has 1 aliphatic rings. The topological polar surface area (TPSA) is 92.7 Å². The molecule has 1 fully saturated rings. The van der Waals surface area contributed by atoms with Crippen molar-refractivity contribution in [1.29, 1.82) is 0 Å². The highest BCUT2D eigenvalue weighted by atomic mass is 35.5. The molecule has 4 N–H and O–H groups in total. The zero-order valence-corrected chi connectivity index (χ0v) is 20.7. The van der Waals surface area contributed by atoms with Crippen molar-refractivity contribution in [3.05, 3.63) is 63.6 Å². The van der Waals surface area contributed by atoms with Gasteiger partial charge in [-0.05, 0) is 61.3 Å². The Bertz CT molecular complexity index is 901. The van der Waals surface area contributed by atoms with E-state index in [9.17, 15) is 9.59 Å². The van der Waals surface area contributed by atoms with Crippen LogP contribution in [0.5, 0.6) is 0 Å². The van der Waals surface area contributed by atoms with Crippen molar-refractivity contribution in [1.82, 2.24) is 9.80 Å². The summed E-state index contributed by atoms with van der Waals surface area (Å²) >= 11 is 12.1. The quantitative estimate of drug-likeness (QED) is 0.576. The predicted molar refractivity (Wildman–Crippen MR) is 134 cm³/mol. The Morgan fingerprint density at radius 2 is 1.72 bits per heavy atom. The Balaban J connectivity index is 0.000000945. The van der Waals surface area contributed by atoms with E-state index in [4.69, 9.17) is 28.9 Å². The number of anilines is 1. The lowest BCUT2D eigenvalue weighted by molar-refractivity contribution is -0.131. The molecule has 0 aliphatic carbocycles. The molecule has 9 heteroatoms. The lowest BCUT2D eigenvalue weighted by atomic mass is 10.0. The molecule has 3 rings (SSSR count). The van der Waals surface area contributed by atoms with Gasteiger partial charge in [-0.25, -0.2) is 0 Å². The minimum absolute atomic E-state index is 0. The third kappa shape index (κ3) is 8.87. The standard InChI is InChI=1S/C21H25Cl2N3O.C2H5NO.ClH/c1-25(21(27)12-15-7-8-18(22)19(23)11-15)20(14-26-9-2-3-10-26)16-5-4-6-17(24)13-16;1-2(3)4;/h4-8,11,13,20H,2-3,9-10,12,14,24H2,1H3;1H3,(H2,3,4);1H/t20-;;/m1../s1. The molecule has 2 aromatic carbocycles. The Morgan fingerprint density at radius 1 is 1.09 bits per heavy atom. The van der Waals surface area contributed by atoms with Crippen LogP contribution in [0, 0.1) is 0 Å². The van der Waals surface area contributed by atoms with Crippen LogP contribution in [-0.4, -0.2) is 48.3 Å². The maximum Gasteiger partial charge on any atom is 0.227 e. The van der Waals surface area contributed by atoms with Crippen LogP contribution in [0.15, 0.2) is 42.5 Å². The highest BCUT2D eigenvalue weighted by molar-refractivity contribution is 6.42. The van der Waals surface area contributed by atoms with Gasteiger partial charge in [0.25, 0.3) is 0 Å². The summed E-state index contributed by atoms with van der Waals surface area (Å²) in [4.78, 5) is 26.4. The summed E-state index contributed by atoms with van der Waals surface area (Å²) in [5.41, 5.74) is 13.1. The number of benzene rings is 2. The van der Waals surface area contributed by atoms with Gasteiger partial charge in [0, 0.05) is 26.2 Å². The number of hydrogen-bond donors (Lipinski definition) is 2. The number of primary amides is 1. The van der Waals surface area contributed by atoms with Crippen LogP contribution < -0.4 is 11.5 Å². The Labute approximate surface area is 206 Å². The molecular weight excluding hydrogens is 471 g/mol. The van der Waals surface area contributed by atoms with Crippen LogP contribution in [-0.2, 0) is 16.0 Å². The van der Waals surface area contributed by atoms with Crippen molar-refractivity contribution in [3.63, 3.8) is 0 Å². The summed E-state index contributed by atoms with van der Waals surface area (Å²) in [5.74, 6) is -0.292. The summed E-state index contributed by atoms with van der Waals surface area (Å²) in [6.45, 7) is 4.27. The smallest absolute Gasteiger partial charge is 0.227 e. The van der Waals surface area contributed by atoms with Crippen molar-refractivity contribution >= 4 is 53.1 Å². The van der Waals surface area contributed by atoms with Crippen LogP contribution in [0.4, 0.5) is 5.69 Å². The Morgan fingerprint density at radius 3 is 2.28 bits per heavy atom. The van der Waals surface area contributed by atoms with E-state index >= 15 is 0 Å². The number of rotatable bonds is 6. The van der Waals surface area contributed by atoms with Crippen molar-refractivity contribution in [3.8, 4) is 0 Å². The number of halogens is 3. The summed E-state index contributed by atoms with van der Waals surface area (Å²) < 4.78 is 0. The molecule has 176 valence electrons. The van der Waals surface area contributed by atoms with E-state index in [2.05, 4.69) is 10.6 Å². The van der Waals surface area contributed by atoms with Gasteiger partial charge in [-0.1, -0.05) is 41.4 Å². The van der Waals surface area contributed by atoms with E-state index in [1.54, 1.807) is 12.1 Å². The molecule has 1 aliphatic heterocycles. The number of likely N-dealkylation sites (tertiary alicyclic amines) is 1. The molecule has 0 bridgehead atoms. The summed E-state index contributed by atoms with van der Waals surface area (Å²) in [7, 11) is 1.86. The van der Waals surface area contributed by atoms with Crippen molar-refractivity contribution in [2.75, 3.05) is 32.4 Å². The minimum atomic E-state index is -0.333. The summed E-state index contributed by atoms with van der Waals surface area (Å²) in [5, 5.41) is 0.960. The third-order valence-corrected chi connectivity index (χ3v) is 5.86. The number of nitrogens with zero attached hydrogens (tertiary/aromatic N) is 2. The molecule has 0 saturated carbocycles. The monoisotopic (exact) mass is 500 g/mol. The number of carbonyl (C=O) groups excluding carboxylic acids is 2. The normalized spacial score (nSPS) is 14.0. The number of carbonyl (C=O) groups is 2. The molecule has 0 unspecified atom stereocenters. The fourth-order valence-electron chi connectivity index (χ4n) is 3.55. The van der Waals surface area contributed by atoms with Crippen LogP contribution >= 0.6 is 35.6 Å². The summed E-state index contributed by atoms with van der Waals surface area (Å²) in [6, 6.07) is 13.1. The first-order valence-corrected chi connectivity index (χ1v) is 11.0. The van der Waals surface area contributed by atoms with Crippen molar-refractivity contribution in [2.45, 2.75) is 32.2 Å². The Hall–Kier alpha value is -1.99. The molecule has 1 heterocycles. The number of nitrogens with two attached hydrogens (primary N) is 2. The second kappa shape index (κ2) is 13.5. The molecule has 0 aromatic heterocycles. The average molecular weight is 502 g/mol. The van der Waals surface area contributed by atoms with Gasteiger partial charge in [-0.2, -0.15) is 0 Å². The van der Waals surface area contributed by atoms with Gasteiger partial charge in [0.2, 0.25) is 11.8 Å². The molecule has 6 nitrogen and oxygen atoms in total. The zero-order valence-electron chi connectivity index (χ0n) is 18.4. The first-order chi connectivity index (χ1) is 14.7. The van der Waals surface area contributed by atoms with E-state index in [0.29, 0.717) is 15.7 Å². The third-order valence-electron chi connectivity index (χ3n) is 5.13. The first kappa shape index (κ1) is 28.0. The average Bonchev–Trinajstić information content (AvgIpc) is 3.21. The molecule has 1 atom stereocenters. The van der Waals surface area contributed by atoms with Gasteiger partial charge in [-0.15, -0.1) is 12.4 Å².